The first-order valence-corrected chi connectivity index (χ1v) is 39.5. The fraction of sp³-hybridized carbons (Fsp3) is 0.667. The molecule has 20 atom stereocenters. The lowest BCUT2D eigenvalue weighted by molar-refractivity contribution is -0.129. The van der Waals surface area contributed by atoms with Crippen LogP contribution in [0.15, 0.2) is 82.4 Å². The van der Waals surface area contributed by atoms with Crippen LogP contribution in [-0.2, 0) is 24.0 Å². The van der Waals surface area contributed by atoms with Crippen LogP contribution < -0.4 is 53.6 Å². The number of guanidine groups is 3. The molecule has 634 valence electrons. The molecule has 3 aliphatic carbocycles. The third kappa shape index (κ3) is 17.2. The normalized spacial score (nSPS) is 32.7. The molecule has 15 aliphatic rings. The summed E-state index contributed by atoms with van der Waals surface area (Å²) in [5.41, 5.74) is 15.4. The molecule has 2 saturated carbocycles. The molecule has 3 fully saturated rings. The Kier molecular flexibility index (Phi) is 23.8. The van der Waals surface area contributed by atoms with E-state index in [0.717, 1.165) is 29.0 Å². The predicted octanol–water partition coefficient (Wildman–Crippen LogP) is -0.325. The van der Waals surface area contributed by atoms with Crippen molar-refractivity contribution in [2.45, 2.75) is 277 Å². The van der Waals surface area contributed by atoms with Gasteiger partial charge in [0.05, 0.1) is 61.7 Å². The number of aromatic nitrogens is 2. The highest BCUT2D eigenvalue weighted by Gasteiger charge is 2.60. The second kappa shape index (κ2) is 31.8. The van der Waals surface area contributed by atoms with E-state index in [2.05, 4.69) is 196 Å². The highest BCUT2D eigenvalue weighted by molar-refractivity contribution is 6.08. The van der Waals surface area contributed by atoms with Gasteiger partial charge in [-0.3, -0.25) is 69.7 Å². The van der Waals surface area contributed by atoms with Gasteiger partial charge < -0.3 is 97.8 Å². The van der Waals surface area contributed by atoms with Crippen LogP contribution in [0.5, 0.6) is 0 Å². The van der Waals surface area contributed by atoms with Crippen LogP contribution in [0.1, 0.15) is 154 Å². The number of fused-ring (bicyclic) bond motifs is 8. The summed E-state index contributed by atoms with van der Waals surface area (Å²) in [6, 6.07) is -1.58. The van der Waals surface area contributed by atoms with E-state index in [0.29, 0.717) is 36.2 Å². The van der Waals surface area contributed by atoms with Crippen molar-refractivity contribution in [2.75, 3.05) is 32.1 Å². The van der Waals surface area contributed by atoms with Gasteiger partial charge in [0.15, 0.2) is 48.3 Å². The molecule has 0 bridgehead atoms. The van der Waals surface area contributed by atoms with Crippen molar-refractivity contribution in [2.24, 2.45) is 76.0 Å². The Morgan fingerprint density at radius 3 is 1.53 bits per heavy atom. The number of hydrogen-bond donors (Lipinski definition) is 15. The van der Waals surface area contributed by atoms with E-state index >= 15 is 0 Å². The van der Waals surface area contributed by atoms with Crippen molar-refractivity contribution in [1.29, 1.82) is 10.8 Å². The minimum atomic E-state index is -0.879. The molecule has 116 heavy (non-hydrogen) atoms. The van der Waals surface area contributed by atoms with Crippen molar-refractivity contribution in [3.63, 3.8) is 0 Å². The molecule has 1 aromatic rings. The van der Waals surface area contributed by atoms with Crippen LogP contribution in [-0.4, -0.2) is 307 Å². The number of aliphatic hydroxyl groups excluding tert-OH is 4. The van der Waals surface area contributed by atoms with Gasteiger partial charge in [0.25, 0.3) is 17.7 Å². The number of amides is 5. The zero-order valence-electron chi connectivity index (χ0n) is 70.9. The van der Waals surface area contributed by atoms with E-state index in [1.165, 1.54) is 11.2 Å². The van der Waals surface area contributed by atoms with Crippen LogP contribution in [0.4, 0.5) is 5.95 Å². The number of aliphatic imine (C=N–C) groups is 7. The second-order valence-electron chi connectivity index (χ2n) is 37.8. The molecule has 0 spiro atoms. The number of aryl methyl sites for hydroxylation is 1. The molecule has 20 unspecified atom stereocenters. The molecule has 1 aromatic heterocycles. The summed E-state index contributed by atoms with van der Waals surface area (Å²) >= 11 is 0. The number of nitrogens with two attached hydrogens (primary N) is 2. The Hall–Kier alpha value is -10.0. The van der Waals surface area contributed by atoms with Gasteiger partial charge in [-0.2, -0.15) is 0 Å². The fourth-order valence-electron chi connectivity index (χ4n) is 16.6. The van der Waals surface area contributed by atoms with Crippen LogP contribution >= 0.6 is 0 Å². The highest BCUT2D eigenvalue weighted by Crippen LogP contribution is 2.52. The van der Waals surface area contributed by atoms with Gasteiger partial charge >= 0.3 is 0 Å². The third-order valence-corrected chi connectivity index (χ3v) is 23.1. The minimum Gasteiger partial charge on any atom is -0.390 e. The number of imidazole rings is 1. The second-order valence-corrected chi connectivity index (χ2v) is 37.8. The van der Waals surface area contributed by atoms with Gasteiger partial charge in [0.1, 0.15) is 48.5 Å². The average molecular weight is 1610 g/mol. The van der Waals surface area contributed by atoms with E-state index < -0.39 is 42.2 Å². The van der Waals surface area contributed by atoms with Crippen molar-refractivity contribution >= 4 is 96.7 Å². The summed E-state index contributed by atoms with van der Waals surface area (Å²) in [5, 5.41) is 74.8. The average Bonchev–Trinajstić information content (AvgIpc) is 1.58. The molecular weight excluding hydrogens is 1490 g/mol. The SMILES string of the molecule is CC(=N)C1=CN(C(C)(C)C)C2NC(=N)NC(=O)C12.CC(C)(C)N1C=C(CNC2C(O)C(O)C3CC32)C2C(=O)NC(N)=NC21.CC(C)(C)N1C=C(CNC2C=CC(O)C2O)C2C(=O)NC(N)=NC21.CC(C)(C)N1C=NC2C(=O)NC=NC21.CN1C=NC2C(N=CN2C(C)(C)C)C1=O.Cc1nc2n(c1C)C(=O)C1N=CN(C(C)(C)C)C1N2C. The number of aliphatic hydroxyl groups is 4. The first kappa shape index (κ1) is 86.8. The molecule has 17 N–H and O–H groups in total. The summed E-state index contributed by atoms with van der Waals surface area (Å²) in [5.74, 6) is -0.245. The number of carbonyl (C=O) groups excluding carboxylic acids is 6. The van der Waals surface area contributed by atoms with Gasteiger partial charge in [-0.1, -0.05) is 12.2 Å². The smallest absolute Gasteiger partial charge is 0.262 e. The number of nitrogens with zero attached hydrogens (tertiary/aromatic N) is 17. The molecule has 0 radical (unpaired) electrons. The standard InChI is InChI=1S/C17H27N5O3.C16H25N5O3.C14H21N5O.C12H19N5O.C10H16N4O.C9H14N4O/c1-17(2,3)22-6-7(10-14(22)20-16(18)21-15(10)25)5-19-11-8-4-9(8)12(23)13(11)24;1-16(2,3)21-7-8(6-18-9-4-5-10(22)12(9)23)11-13(21)19-15(17)20-14(11)24;1-8-9(2)19-12(20)10-11(17(6)13(19)16-8)18(7-15-10)14(3,4)5;1-6(13)7-5-17(12(2,3)4)9-8(7)10(18)16-11(14)15-9;1-10(2,3)14-6-11-7-8(14)12-5-13(4)9(7)15;1-9(2,3)13-5-12-6-7(13)10-4-11-8(6)14/h6,8-14,19,23-24H,4-5H2,1-3H3,(H3,18,20,21,25);4-5,7,9-13,18,22-23H,6H2,1-3H3,(H3,17,19,20,24);7,10-11H,1-6H3;5,8-9,13H,1-4H3,(H3,14,15,16,18);5-8H,1-4H3;4-7H,1-3H3,(H,10,11,14). The van der Waals surface area contributed by atoms with E-state index in [-0.39, 0.29) is 160 Å². The summed E-state index contributed by atoms with van der Waals surface area (Å²) in [4.78, 5) is 123. The largest absolute Gasteiger partial charge is 0.390 e. The number of nitrogens with one attached hydrogen (secondary N) is 9. The highest BCUT2D eigenvalue weighted by atomic mass is 16.3. The lowest BCUT2D eigenvalue weighted by atomic mass is 9.93. The maximum absolute atomic E-state index is 12.7. The molecule has 0 aromatic carbocycles. The van der Waals surface area contributed by atoms with Crippen molar-refractivity contribution < 1.29 is 49.2 Å². The van der Waals surface area contributed by atoms with Crippen molar-refractivity contribution in [1.82, 2.24) is 81.1 Å². The maximum Gasteiger partial charge on any atom is 0.262 e. The van der Waals surface area contributed by atoms with Gasteiger partial charge in [0, 0.05) is 102 Å². The Morgan fingerprint density at radius 2 is 1.03 bits per heavy atom. The fourth-order valence-corrected chi connectivity index (χ4v) is 16.6. The Morgan fingerprint density at radius 1 is 0.543 bits per heavy atom. The van der Waals surface area contributed by atoms with Gasteiger partial charge in [-0.05, 0) is 175 Å². The molecule has 1 saturated heterocycles. The summed E-state index contributed by atoms with van der Waals surface area (Å²) in [6.07, 6.45) is 13.9. The first-order chi connectivity index (χ1) is 53.7. The number of rotatable bonds is 7. The quantitative estimate of drug-likeness (QED) is 0.123. The third-order valence-electron chi connectivity index (χ3n) is 23.1. The van der Waals surface area contributed by atoms with E-state index in [1.807, 2.05) is 79.9 Å². The van der Waals surface area contributed by atoms with E-state index in [4.69, 9.17) is 22.3 Å². The number of carbonyl (C=O) groups is 6. The summed E-state index contributed by atoms with van der Waals surface area (Å²) in [6.45, 7) is 43.8. The van der Waals surface area contributed by atoms with Gasteiger partial charge in [-0.25, -0.2) is 25.0 Å². The van der Waals surface area contributed by atoms with E-state index in [1.54, 1.807) is 56.0 Å². The van der Waals surface area contributed by atoms with Crippen LogP contribution in [0.3, 0.4) is 0 Å². The first-order valence-electron chi connectivity index (χ1n) is 39.5. The lowest BCUT2D eigenvalue weighted by Gasteiger charge is -2.44. The van der Waals surface area contributed by atoms with Gasteiger partial charge in [-0.15, -0.1) is 0 Å². The summed E-state index contributed by atoms with van der Waals surface area (Å²) < 4.78 is 1.69. The number of hydrogen-bond acceptors (Lipinski definition) is 31. The molecule has 5 amide bonds. The number of likely N-dealkylation sites (N-methyl/N-ethyl adjacent to an activating group) is 2. The molecular formula is C78H122N28O10. The van der Waals surface area contributed by atoms with Crippen molar-refractivity contribution in [3.8, 4) is 0 Å². The monoisotopic (exact) mass is 1610 g/mol. The Balaban J connectivity index is 0.000000138. The molecule has 38 nitrogen and oxygen atoms in total. The Labute approximate surface area is 678 Å². The van der Waals surface area contributed by atoms with Crippen molar-refractivity contribution in [3.05, 3.63) is 58.9 Å². The topological polar surface area (TPSA) is 498 Å². The molecule has 12 aliphatic heterocycles. The Bertz CT molecular complexity index is 4400. The maximum atomic E-state index is 12.7. The molecule has 38 heteroatoms. The van der Waals surface area contributed by atoms with Crippen LogP contribution in [0, 0.1) is 54.3 Å². The zero-order chi connectivity index (χ0) is 85.8. The molecule has 13 heterocycles. The zero-order valence-corrected chi connectivity index (χ0v) is 70.9. The minimum absolute atomic E-state index is 0.0120. The predicted molar refractivity (Wildman–Crippen MR) is 443 cm³/mol. The van der Waals surface area contributed by atoms with Crippen LogP contribution in [0.25, 0.3) is 0 Å². The van der Waals surface area contributed by atoms with E-state index in [9.17, 15) is 49.2 Å². The summed E-state index contributed by atoms with van der Waals surface area (Å²) in [7, 11) is 3.69. The van der Waals surface area contributed by atoms with Gasteiger partial charge in [0.2, 0.25) is 23.7 Å². The lowest BCUT2D eigenvalue weighted by Crippen LogP contribution is -2.64. The molecule has 16 rings (SSSR count). The number of anilines is 1. The van der Waals surface area contributed by atoms with Crippen LogP contribution in [0.2, 0.25) is 0 Å².